The first kappa shape index (κ1) is 16.6. The molecule has 0 aliphatic rings. The maximum atomic E-state index is 13.7. The predicted octanol–water partition coefficient (Wildman–Crippen LogP) is 4.45. The summed E-state index contributed by atoms with van der Waals surface area (Å²) in [6.07, 6.45) is 4.56. The van der Waals surface area contributed by atoms with Crippen molar-refractivity contribution in [3.8, 4) is 11.8 Å². The Kier molecular flexibility index (Phi) is 4.73. The molecule has 0 aliphatic carbocycles. The van der Waals surface area contributed by atoms with E-state index in [1.165, 1.54) is 30.5 Å². The third kappa shape index (κ3) is 3.65. The van der Waals surface area contributed by atoms with Gasteiger partial charge in [-0.15, -0.1) is 0 Å². The Morgan fingerprint density at radius 1 is 1.20 bits per heavy atom. The zero-order valence-electron chi connectivity index (χ0n) is 12.9. The van der Waals surface area contributed by atoms with E-state index in [0.29, 0.717) is 10.6 Å². The standard InChI is InChI=1S/C19H11ClFN3O/c20-15-5-7-16(8-6-15)24-12-13(11-23-24)9-14(10-22)19(25)17-3-1-2-4-18(17)21/h1-9,11-12H. The Morgan fingerprint density at radius 3 is 2.60 bits per heavy atom. The van der Waals surface area contributed by atoms with Crippen LogP contribution in [-0.4, -0.2) is 15.6 Å². The summed E-state index contributed by atoms with van der Waals surface area (Å²) in [6.45, 7) is 0. The number of halogens is 2. The lowest BCUT2D eigenvalue weighted by atomic mass is 10.0. The molecule has 0 saturated carbocycles. The van der Waals surface area contributed by atoms with Gasteiger partial charge in [-0.2, -0.15) is 10.4 Å². The average molecular weight is 352 g/mol. The van der Waals surface area contributed by atoms with E-state index in [1.54, 1.807) is 41.2 Å². The summed E-state index contributed by atoms with van der Waals surface area (Å²) in [4.78, 5) is 12.3. The first-order valence-electron chi connectivity index (χ1n) is 7.30. The highest BCUT2D eigenvalue weighted by Gasteiger charge is 2.16. The molecule has 0 fully saturated rings. The van der Waals surface area contributed by atoms with Crippen LogP contribution in [0.3, 0.4) is 0 Å². The van der Waals surface area contributed by atoms with Gasteiger partial charge in [-0.1, -0.05) is 23.7 Å². The van der Waals surface area contributed by atoms with Gasteiger partial charge in [0, 0.05) is 16.8 Å². The van der Waals surface area contributed by atoms with Crippen LogP contribution in [0.2, 0.25) is 5.02 Å². The van der Waals surface area contributed by atoms with Crippen LogP contribution < -0.4 is 0 Å². The molecule has 4 nitrogen and oxygen atoms in total. The van der Waals surface area contributed by atoms with Gasteiger partial charge in [0.15, 0.2) is 0 Å². The van der Waals surface area contributed by atoms with E-state index in [4.69, 9.17) is 11.6 Å². The molecule has 6 heteroatoms. The molecule has 3 rings (SSSR count). The van der Waals surface area contributed by atoms with Crippen LogP contribution in [0, 0.1) is 17.1 Å². The fraction of sp³-hybridized carbons (Fsp3) is 0. The molecule has 0 bridgehead atoms. The van der Waals surface area contributed by atoms with Crippen LogP contribution in [0.5, 0.6) is 0 Å². The van der Waals surface area contributed by atoms with Crippen molar-refractivity contribution in [1.29, 1.82) is 5.26 Å². The average Bonchev–Trinajstić information content (AvgIpc) is 3.09. The quantitative estimate of drug-likeness (QED) is 0.396. The third-order valence-corrected chi connectivity index (χ3v) is 3.74. The zero-order valence-corrected chi connectivity index (χ0v) is 13.6. The largest absolute Gasteiger partial charge is 0.288 e. The van der Waals surface area contributed by atoms with Crippen LogP contribution in [0.25, 0.3) is 11.8 Å². The van der Waals surface area contributed by atoms with Gasteiger partial charge in [0.25, 0.3) is 0 Å². The Hall–Kier alpha value is -3.23. The fourth-order valence-electron chi connectivity index (χ4n) is 2.25. The number of hydrogen-bond donors (Lipinski definition) is 0. The van der Waals surface area contributed by atoms with Crippen LogP contribution in [0.4, 0.5) is 4.39 Å². The minimum atomic E-state index is -0.667. The summed E-state index contributed by atoms with van der Waals surface area (Å²) in [6, 6.07) is 14.4. The number of rotatable bonds is 4. The van der Waals surface area contributed by atoms with Gasteiger partial charge in [-0.25, -0.2) is 9.07 Å². The molecule has 0 unspecified atom stereocenters. The molecule has 3 aromatic rings. The van der Waals surface area contributed by atoms with Gasteiger partial charge in [-0.3, -0.25) is 4.79 Å². The minimum absolute atomic E-state index is 0.139. The van der Waals surface area contributed by atoms with Crippen molar-refractivity contribution in [2.24, 2.45) is 0 Å². The fourth-order valence-corrected chi connectivity index (χ4v) is 2.38. The number of nitriles is 1. The second-order valence-electron chi connectivity index (χ2n) is 5.17. The van der Waals surface area contributed by atoms with E-state index in [2.05, 4.69) is 5.10 Å². The van der Waals surface area contributed by atoms with Gasteiger partial charge in [0.1, 0.15) is 17.5 Å². The number of aromatic nitrogens is 2. The molecule has 122 valence electrons. The molecular formula is C19H11ClFN3O. The van der Waals surface area contributed by atoms with Crippen LogP contribution >= 0.6 is 11.6 Å². The van der Waals surface area contributed by atoms with Gasteiger partial charge in [0.05, 0.1) is 17.4 Å². The lowest BCUT2D eigenvalue weighted by Gasteiger charge is -2.01. The van der Waals surface area contributed by atoms with Crippen LogP contribution in [0.1, 0.15) is 15.9 Å². The van der Waals surface area contributed by atoms with Crippen molar-refractivity contribution in [2.45, 2.75) is 0 Å². The molecule has 0 radical (unpaired) electrons. The van der Waals surface area contributed by atoms with Crippen molar-refractivity contribution in [3.63, 3.8) is 0 Å². The van der Waals surface area contributed by atoms with Crippen molar-refractivity contribution in [2.75, 3.05) is 0 Å². The van der Waals surface area contributed by atoms with Crippen molar-refractivity contribution in [1.82, 2.24) is 9.78 Å². The maximum Gasteiger partial charge on any atom is 0.206 e. The monoisotopic (exact) mass is 351 g/mol. The van der Waals surface area contributed by atoms with Crippen molar-refractivity contribution in [3.05, 3.63) is 88.5 Å². The second-order valence-corrected chi connectivity index (χ2v) is 5.61. The lowest BCUT2D eigenvalue weighted by Crippen LogP contribution is -2.04. The Balaban J connectivity index is 1.91. The summed E-state index contributed by atoms with van der Waals surface area (Å²) < 4.78 is 15.3. The molecule has 25 heavy (non-hydrogen) atoms. The smallest absolute Gasteiger partial charge is 0.206 e. The number of carbonyl (C=O) groups excluding carboxylic acids is 1. The lowest BCUT2D eigenvalue weighted by molar-refractivity contribution is 0.103. The van der Waals surface area contributed by atoms with E-state index in [1.807, 2.05) is 6.07 Å². The molecule has 0 atom stereocenters. The topological polar surface area (TPSA) is 58.7 Å². The highest BCUT2D eigenvalue weighted by atomic mass is 35.5. The number of ketones is 1. The number of carbonyl (C=O) groups is 1. The first-order valence-corrected chi connectivity index (χ1v) is 7.68. The number of allylic oxidation sites excluding steroid dienone is 1. The summed E-state index contributed by atoms with van der Waals surface area (Å²) in [5.41, 5.74) is 1.03. The highest BCUT2D eigenvalue weighted by molar-refractivity contribution is 6.30. The second kappa shape index (κ2) is 7.12. The molecule has 1 heterocycles. The van der Waals surface area contributed by atoms with E-state index >= 15 is 0 Å². The van der Waals surface area contributed by atoms with Crippen molar-refractivity contribution < 1.29 is 9.18 Å². The summed E-state index contributed by atoms with van der Waals surface area (Å²) in [5, 5.41) is 14.1. The number of benzene rings is 2. The molecule has 0 aliphatic heterocycles. The van der Waals surface area contributed by atoms with Crippen molar-refractivity contribution >= 4 is 23.5 Å². The van der Waals surface area contributed by atoms with Crippen LogP contribution in [-0.2, 0) is 0 Å². The zero-order chi connectivity index (χ0) is 17.8. The van der Waals surface area contributed by atoms with Gasteiger partial charge < -0.3 is 0 Å². The van der Waals surface area contributed by atoms with Crippen LogP contribution in [0.15, 0.2) is 66.5 Å². The minimum Gasteiger partial charge on any atom is -0.288 e. The molecule has 0 spiro atoms. The molecule has 0 N–H and O–H groups in total. The van der Waals surface area contributed by atoms with E-state index in [9.17, 15) is 14.4 Å². The molecule has 2 aromatic carbocycles. The molecule has 0 amide bonds. The predicted molar refractivity (Wildman–Crippen MR) is 92.9 cm³/mol. The summed E-state index contributed by atoms with van der Waals surface area (Å²) in [5.74, 6) is -1.33. The van der Waals surface area contributed by atoms with E-state index in [-0.39, 0.29) is 11.1 Å². The maximum absolute atomic E-state index is 13.7. The summed E-state index contributed by atoms with van der Waals surface area (Å²) in [7, 11) is 0. The highest BCUT2D eigenvalue weighted by Crippen LogP contribution is 2.17. The third-order valence-electron chi connectivity index (χ3n) is 3.49. The summed E-state index contributed by atoms with van der Waals surface area (Å²) >= 11 is 5.85. The molecule has 1 aromatic heterocycles. The van der Waals surface area contributed by atoms with Gasteiger partial charge in [0.2, 0.25) is 5.78 Å². The Labute approximate surface area is 148 Å². The van der Waals surface area contributed by atoms with E-state index in [0.717, 1.165) is 5.69 Å². The first-order chi connectivity index (χ1) is 12.1. The normalized spacial score (nSPS) is 11.2. The molecular weight excluding hydrogens is 341 g/mol. The Bertz CT molecular complexity index is 1000. The number of nitrogens with zero attached hydrogens (tertiary/aromatic N) is 3. The van der Waals surface area contributed by atoms with Gasteiger partial charge in [-0.05, 0) is 42.5 Å². The number of hydrogen-bond acceptors (Lipinski definition) is 3. The Morgan fingerprint density at radius 2 is 1.92 bits per heavy atom. The SMILES string of the molecule is N#CC(=Cc1cnn(-c2ccc(Cl)cc2)c1)C(=O)c1ccccc1F. The number of Topliss-reactive ketones (excluding diaryl/α,β-unsaturated/α-hetero) is 1. The molecule has 0 saturated heterocycles. The van der Waals surface area contributed by atoms with Gasteiger partial charge >= 0.3 is 0 Å². The van der Waals surface area contributed by atoms with E-state index < -0.39 is 11.6 Å².